The maximum absolute atomic E-state index is 4.80. The summed E-state index contributed by atoms with van der Waals surface area (Å²) in [6.45, 7) is 4.36. The van der Waals surface area contributed by atoms with Gasteiger partial charge >= 0.3 is 4.84 Å². The molecule has 0 aliphatic rings. The van der Waals surface area contributed by atoms with Crippen LogP contribution in [0.3, 0.4) is 0 Å². The number of H-pyrrole nitrogens is 1. The molecule has 1 aromatic rings. The average molecular weight is 204 g/mol. The zero-order chi connectivity index (χ0) is 8.97. The van der Waals surface area contributed by atoms with Crippen molar-refractivity contribution >= 4 is 24.0 Å². The summed E-state index contributed by atoms with van der Waals surface area (Å²) in [7, 11) is 0. The average Bonchev–Trinajstić information content (AvgIpc) is 2.47. The smallest absolute Gasteiger partial charge is 0.314 e. The second-order valence-corrected chi connectivity index (χ2v) is 4.33. The van der Waals surface area contributed by atoms with Gasteiger partial charge < -0.3 is 4.52 Å². The van der Waals surface area contributed by atoms with Crippen LogP contribution in [0.4, 0.5) is 0 Å². The first-order valence-corrected chi connectivity index (χ1v) is 5.34. The third-order valence-electron chi connectivity index (χ3n) is 1.56. The van der Waals surface area contributed by atoms with E-state index in [-0.39, 0.29) is 4.84 Å². The largest absolute Gasteiger partial charge is 0.348 e. The fourth-order valence-electron chi connectivity index (χ4n) is 0.659. The van der Waals surface area contributed by atoms with Gasteiger partial charge in [-0.15, -0.1) is 0 Å². The van der Waals surface area contributed by atoms with E-state index in [1.54, 1.807) is 0 Å². The van der Waals surface area contributed by atoms with E-state index in [9.17, 15) is 0 Å². The summed E-state index contributed by atoms with van der Waals surface area (Å²) in [5.74, 6) is 1.67. The van der Waals surface area contributed by atoms with Crippen LogP contribution in [-0.4, -0.2) is 15.4 Å². The highest BCUT2D eigenvalue weighted by atomic mass is 32.2. The van der Waals surface area contributed by atoms with E-state index in [4.69, 9.17) is 16.7 Å². The van der Waals surface area contributed by atoms with Crippen LogP contribution < -0.4 is 0 Å². The summed E-state index contributed by atoms with van der Waals surface area (Å²) >= 11 is 6.57. The molecule has 0 spiro atoms. The zero-order valence-electron chi connectivity index (χ0n) is 7.16. The molecule has 5 heteroatoms. The predicted molar refractivity (Wildman–Crippen MR) is 52.7 cm³/mol. The highest BCUT2D eigenvalue weighted by molar-refractivity contribution is 7.99. The lowest BCUT2D eigenvalue weighted by molar-refractivity contribution is 0.400. The van der Waals surface area contributed by atoms with Gasteiger partial charge in [0, 0.05) is 5.25 Å². The molecule has 3 nitrogen and oxygen atoms in total. The van der Waals surface area contributed by atoms with Crippen LogP contribution in [0.5, 0.6) is 0 Å². The monoisotopic (exact) mass is 204 g/mol. The summed E-state index contributed by atoms with van der Waals surface area (Å²) in [6, 6.07) is 0. The second-order valence-electron chi connectivity index (χ2n) is 2.56. The molecule has 0 saturated heterocycles. The van der Waals surface area contributed by atoms with Gasteiger partial charge in [-0.1, -0.05) is 13.8 Å². The number of hydrogen-bond donors (Lipinski definition) is 1. The van der Waals surface area contributed by atoms with Crippen LogP contribution >= 0.6 is 24.0 Å². The van der Waals surface area contributed by atoms with Gasteiger partial charge in [0.15, 0.2) is 5.82 Å². The van der Waals surface area contributed by atoms with Gasteiger partial charge in [-0.25, -0.2) is 5.16 Å². The number of aromatic amines is 1. The molecule has 0 aliphatic heterocycles. The predicted octanol–water partition coefficient (Wildman–Crippen LogP) is 2.76. The Morgan fingerprint density at radius 1 is 1.75 bits per heavy atom. The Bertz CT molecular complexity index is 281. The molecule has 0 bridgehead atoms. The lowest BCUT2D eigenvalue weighted by Gasteiger charge is -2.04. The topological polar surface area (TPSA) is 41.8 Å². The first-order valence-electron chi connectivity index (χ1n) is 3.88. The van der Waals surface area contributed by atoms with Crippen molar-refractivity contribution in [1.29, 1.82) is 0 Å². The summed E-state index contributed by atoms with van der Waals surface area (Å²) in [4.78, 5) is 4.28. The number of thioether (sulfide) groups is 1. The fourth-order valence-corrected chi connectivity index (χ4v) is 1.61. The molecule has 12 heavy (non-hydrogen) atoms. The minimum absolute atomic E-state index is 0.287. The minimum Gasteiger partial charge on any atom is -0.348 e. The second kappa shape index (κ2) is 4.67. The third-order valence-corrected chi connectivity index (χ3v) is 3.08. The molecule has 0 radical (unpaired) electrons. The Morgan fingerprint density at radius 3 is 3.00 bits per heavy atom. The van der Waals surface area contributed by atoms with E-state index in [1.165, 1.54) is 6.42 Å². The van der Waals surface area contributed by atoms with Gasteiger partial charge in [0.05, 0.1) is 5.75 Å². The molecule has 0 aliphatic carbocycles. The Balaban J connectivity index is 2.38. The van der Waals surface area contributed by atoms with Crippen LogP contribution in [0, 0.1) is 4.84 Å². The van der Waals surface area contributed by atoms with Crippen LogP contribution in [0.25, 0.3) is 0 Å². The highest BCUT2D eigenvalue weighted by Crippen LogP contribution is 2.17. The van der Waals surface area contributed by atoms with E-state index in [2.05, 4.69) is 24.0 Å². The maximum Gasteiger partial charge on any atom is 0.314 e. The summed E-state index contributed by atoms with van der Waals surface area (Å²) in [5.41, 5.74) is 0. The van der Waals surface area contributed by atoms with Crippen molar-refractivity contribution in [1.82, 2.24) is 10.1 Å². The van der Waals surface area contributed by atoms with Gasteiger partial charge in [-0.2, -0.15) is 16.7 Å². The maximum atomic E-state index is 4.80. The molecule has 0 fully saturated rings. The van der Waals surface area contributed by atoms with Gasteiger partial charge in [0.2, 0.25) is 0 Å². The molecule has 0 saturated carbocycles. The molecular formula is C7H12N2OS2. The van der Waals surface area contributed by atoms with E-state index in [1.807, 2.05) is 11.8 Å². The van der Waals surface area contributed by atoms with Gasteiger partial charge in [-0.05, 0) is 18.6 Å². The number of hydrogen-bond acceptors (Lipinski definition) is 4. The number of nitrogens with one attached hydrogen (secondary N) is 1. The van der Waals surface area contributed by atoms with Gasteiger partial charge in [-0.3, -0.25) is 0 Å². The molecule has 1 heterocycles. The lowest BCUT2D eigenvalue weighted by atomic mass is 10.4. The number of rotatable bonds is 4. The molecule has 1 unspecified atom stereocenters. The first-order chi connectivity index (χ1) is 5.72. The molecular weight excluding hydrogens is 192 g/mol. The molecule has 1 aromatic heterocycles. The number of nitrogens with zero attached hydrogens (tertiary/aromatic N) is 1. The van der Waals surface area contributed by atoms with Crippen LogP contribution in [-0.2, 0) is 5.75 Å². The molecule has 68 valence electrons. The third kappa shape index (κ3) is 2.98. The van der Waals surface area contributed by atoms with Gasteiger partial charge in [0.1, 0.15) is 0 Å². The Labute approximate surface area is 80.9 Å². The molecule has 1 rings (SSSR count). The van der Waals surface area contributed by atoms with E-state index >= 15 is 0 Å². The Kier molecular flexibility index (Phi) is 3.81. The highest BCUT2D eigenvalue weighted by Gasteiger charge is 2.02. The minimum atomic E-state index is 0.287. The van der Waals surface area contributed by atoms with Crippen molar-refractivity contribution in [2.24, 2.45) is 0 Å². The van der Waals surface area contributed by atoms with Crippen molar-refractivity contribution in [2.75, 3.05) is 0 Å². The molecule has 1 N–H and O–H groups in total. The van der Waals surface area contributed by atoms with Crippen molar-refractivity contribution in [3.63, 3.8) is 0 Å². The Hall–Kier alpha value is -0.290. The fraction of sp³-hybridized carbons (Fsp3) is 0.714. The Morgan fingerprint density at radius 2 is 2.50 bits per heavy atom. The van der Waals surface area contributed by atoms with Crippen LogP contribution in [0.15, 0.2) is 4.52 Å². The van der Waals surface area contributed by atoms with Crippen molar-refractivity contribution in [2.45, 2.75) is 31.3 Å². The quantitative estimate of drug-likeness (QED) is 0.766. The van der Waals surface area contributed by atoms with E-state index < -0.39 is 0 Å². The zero-order valence-corrected chi connectivity index (χ0v) is 8.80. The van der Waals surface area contributed by atoms with E-state index in [0.717, 1.165) is 11.6 Å². The van der Waals surface area contributed by atoms with Crippen LogP contribution in [0.1, 0.15) is 26.1 Å². The van der Waals surface area contributed by atoms with Crippen molar-refractivity contribution in [3.05, 3.63) is 10.7 Å². The standard InChI is InChI=1S/C7H12N2OS2/c1-3-5(2)12-4-6-8-7(11)10-9-6/h5H,3-4H2,1-2H3,(H,8,9,11). The summed E-state index contributed by atoms with van der Waals surface area (Å²) in [6.07, 6.45) is 1.17. The first kappa shape index (κ1) is 9.80. The normalized spacial score (nSPS) is 13.2. The molecule has 0 amide bonds. The van der Waals surface area contributed by atoms with Crippen molar-refractivity contribution in [3.8, 4) is 0 Å². The lowest BCUT2D eigenvalue weighted by Crippen LogP contribution is -1.94. The summed E-state index contributed by atoms with van der Waals surface area (Å²) < 4.78 is 4.80. The van der Waals surface area contributed by atoms with Crippen molar-refractivity contribution < 1.29 is 4.52 Å². The SMILES string of the molecule is CCC(C)SCc1nc(=S)o[nH]1. The molecule has 0 aromatic carbocycles. The van der Waals surface area contributed by atoms with Crippen LogP contribution in [0.2, 0.25) is 0 Å². The van der Waals surface area contributed by atoms with E-state index in [0.29, 0.717) is 5.25 Å². The van der Waals surface area contributed by atoms with Gasteiger partial charge in [0.25, 0.3) is 0 Å². The summed E-state index contributed by atoms with van der Waals surface area (Å²) in [5, 5.41) is 3.33. The molecule has 1 atom stereocenters. The number of aromatic nitrogens is 2.